The predicted molar refractivity (Wildman–Crippen MR) is 83.5 cm³/mol. The average molecular weight is 300 g/mol. The molecule has 0 aliphatic carbocycles. The molecule has 0 amide bonds. The molecule has 0 aromatic rings. The van der Waals surface area contributed by atoms with Crippen LogP contribution in [-0.2, 0) is 9.47 Å². The number of rotatable bonds is 3. The maximum Gasteiger partial charge on any atom is 0.0826 e. The van der Waals surface area contributed by atoms with Gasteiger partial charge >= 0.3 is 0 Å². The van der Waals surface area contributed by atoms with Gasteiger partial charge in [0.1, 0.15) is 0 Å². The quantitative estimate of drug-likeness (QED) is 0.851. The highest BCUT2D eigenvalue weighted by Gasteiger charge is 2.41. The van der Waals surface area contributed by atoms with Crippen LogP contribution in [0.1, 0.15) is 25.7 Å². The van der Waals surface area contributed by atoms with Crippen molar-refractivity contribution in [2.75, 3.05) is 51.4 Å². The van der Waals surface area contributed by atoms with E-state index in [0.717, 1.165) is 32.8 Å². The molecule has 0 aromatic heterocycles. The van der Waals surface area contributed by atoms with Crippen LogP contribution in [0.4, 0.5) is 0 Å². The number of nitrogens with one attached hydrogen (secondary N) is 1. The molecular formula is C15H28N2O2S. The Hall–Kier alpha value is 0.190. The predicted octanol–water partition coefficient (Wildman–Crippen LogP) is 1.35. The van der Waals surface area contributed by atoms with Crippen LogP contribution >= 0.6 is 11.8 Å². The lowest BCUT2D eigenvalue weighted by Gasteiger charge is -2.48. The number of hydrogen-bond donors (Lipinski definition) is 1. The molecule has 2 atom stereocenters. The molecular weight excluding hydrogens is 272 g/mol. The van der Waals surface area contributed by atoms with Gasteiger partial charge in [0.05, 0.1) is 18.3 Å². The van der Waals surface area contributed by atoms with Crippen molar-refractivity contribution in [3.63, 3.8) is 0 Å². The van der Waals surface area contributed by atoms with Gasteiger partial charge in [0.15, 0.2) is 0 Å². The lowest BCUT2D eigenvalue weighted by atomic mass is 9.84. The van der Waals surface area contributed by atoms with Crippen LogP contribution in [0.5, 0.6) is 0 Å². The zero-order chi connectivity index (χ0) is 13.8. The van der Waals surface area contributed by atoms with Gasteiger partial charge in [0.2, 0.25) is 0 Å². The number of nitrogens with zero attached hydrogens (tertiary/aromatic N) is 1. The minimum atomic E-state index is 0.199. The molecule has 5 heteroatoms. The third-order valence-corrected chi connectivity index (χ3v) is 5.97. The van der Waals surface area contributed by atoms with Gasteiger partial charge in [0.25, 0.3) is 0 Å². The van der Waals surface area contributed by atoms with E-state index in [-0.39, 0.29) is 5.60 Å². The third-order valence-electron chi connectivity index (χ3n) is 4.99. The summed E-state index contributed by atoms with van der Waals surface area (Å²) in [6.07, 6.45) is 5.28. The zero-order valence-corrected chi connectivity index (χ0v) is 13.4. The molecule has 3 rings (SSSR count). The maximum atomic E-state index is 6.22. The van der Waals surface area contributed by atoms with Crippen LogP contribution in [-0.4, -0.2) is 74.0 Å². The largest absolute Gasteiger partial charge is 0.375 e. The SMILES string of the molecule is CNCC1CN(C2CCOC3(CCSCC3)C2)CCO1. The van der Waals surface area contributed by atoms with Crippen molar-refractivity contribution in [3.8, 4) is 0 Å². The molecule has 0 radical (unpaired) electrons. The van der Waals surface area contributed by atoms with Crippen LogP contribution in [0.3, 0.4) is 0 Å². The average Bonchev–Trinajstić information content (AvgIpc) is 2.49. The first-order valence-electron chi connectivity index (χ1n) is 8.03. The van der Waals surface area contributed by atoms with E-state index in [1.807, 2.05) is 7.05 Å². The van der Waals surface area contributed by atoms with Gasteiger partial charge in [-0.2, -0.15) is 11.8 Å². The molecule has 4 nitrogen and oxygen atoms in total. The van der Waals surface area contributed by atoms with Crippen LogP contribution in [0.2, 0.25) is 0 Å². The molecule has 3 aliphatic heterocycles. The van der Waals surface area contributed by atoms with Gasteiger partial charge < -0.3 is 14.8 Å². The highest BCUT2D eigenvalue weighted by atomic mass is 32.2. The van der Waals surface area contributed by atoms with E-state index in [1.54, 1.807) is 0 Å². The Morgan fingerprint density at radius 2 is 2.15 bits per heavy atom. The van der Waals surface area contributed by atoms with Crippen molar-refractivity contribution < 1.29 is 9.47 Å². The van der Waals surface area contributed by atoms with Crippen LogP contribution in [0, 0.1) is 0 Å². The molecule has 0 aromatic carbocycles. The summed E-state index contributed by atoms with van der Waals surface area (Å²) in [5.74, 6) is 2.55. The van der Waals surface area contributed by atoms with Crippen molar-refractivity contribution >= 4 is 11.8 Å². The summed E-state index contributed by atoms with van der Waals surface area (Å²) < 4.78 is 12.1. The summed E-state index contributed by atoms with van der Waals surface area (Å²) in [4.78, 5) is 2.66. The first kappa shape index (κ1) is 15.1. The fraction of sp³-hybridized carbons (Fsp3) is 1.00. The fourth-order valence-electron chi connectivity index (χ4n) is 3.83. The molecule has 0 bridgehead atoms. The number of morpholine rings is 1. The number of ether oxygens (including phenoxy) is 2. The fourth-order valence-corrected chi connectivity index (χ4v) is 5.07. The molecule has 116 valence electrons. The van der Waals surface area contributed by atoms with Crippen molar-refractivity contribution in [2.45, 2.75) is 43.4 Å². The third kappa shape index (κ3) is 3.50. The van der Waals surface area contributed by atoms with E-state index in [2.05, 4.69) is 22.0 Å². The summed E-state index contributed by atoms with van der Waals surface area (Å²) >= 11 is 2.08. The molecule has 1 spiro atoms. The van der Waals surface area contributed by atoms with E-state index in [4.69, 9.17) is 9.47 Å². The monoisotopic (exact) mass is 300 g/mol. The molecule has 20 heavy (non-hydrogen) atoms. The summed E-state index contributed by atoms with van der Waals surface area (Å²) in [5.41, 5.74) is 0.199. The minimum Gasteiger partial charge on any atom is -0.375 e. The smallest absolute Gasteiger partial charge is 0.0826 e. The van der Waals surface area contributed by atoms with E-state index in [0.29, 0.717) is 12.1 Å². The first-order valence-corrected chi connectivity index (χ1v) is 9.19. The molecule has 2 unspecified atom stereocenters. The van der Waals surface area contributed by atoms with Gasteiger partial charge in [-0.25, -0.2) is 0 Å². The second-order valence-corrected chi connectivity index (χ2v) is 7.56. The van der Waals surface area contributed by atoms with E-state index in [1.165, 1.54) is 37.2 Å². The van der Waals surface area contributed by atoms with E-state index < -0.39 is 0 Å². The summed E-state index contributed by atoms with van der Waals surface area (Å²) in [5, 5.41) is 3.24. The Morgan fingerprint density at radius 3 is 2.95 bits per heavy atom. The molecule has 3 heterocycles. The van der Waals surface area contributed by atoms with Crippen LogP contribution in [0.15, 0.2) is 0 Å². The maximum absolute atomic E-state index is 6.22. The zero-order valence-electron chi connectivity index (χ0n) is 12.6. The van der Waals surface area contributed by atoms with Gasteiger partial charge in [-0.15, -0.1) is 0 Å². The second-order valence-electron chi connectivity index (χ2n) is 6.34. The summed E-state index contributed by atoms with van der Waals surface area (Å²) in [6, 6.07) is 0.704. The van der Waals surface area contributed by atoms with Gasteiger partial charge in [-0.3, -0.25) is 4.90 Å². The molecule has 3 aliphatic rings. The highest BCUT2D eigenvalue weighted by Crippen LogP contribution is 2.39. The van der Waals surface area contributed by atoms with Crippen LogP contribution in [0.25, 0.3) is 0 Å². The Labute approximate surface area is 126 Å². The highest BCUT2D eigenvalue weighted by molar-refractivity contribution is 7.99. The first-order chi connectivity index (χ1) is 9.81. The topological polar surface area (TPSA) is 33.7 Å². The Morgan fingerprint density at radius 1 is 1.30 bits per heavy atom. The van der Waals surface area contributed by atoms with Gasteiger partial charge in [-0.05, 0) is 44.2 Å². The number of likely N-dealkylation sites (N-methyl/N-ethyl adjacent to an activating group) is 1. The summed E-state index contributed by atoms with van der Waals surface area (Å²) in [6.45, 7) is 4.96. The Balaban J connectivity index is 1.58. The van der Waals surface area contributed by atoms with Crippen molar-refractivity contribution in [3.05, 3.63) is 0 Å². The molecule has 3 fully saturated rings. The second kappa shape index (κ2) is 6.97. The Kier molecular flexibility index (Phi) is 5.26. The number of thioether (sulfide) groups is 1. The van der Waals surface area contributed by atoms with Gasteiger partial charge in [-0.1, -0.05) is 0 Å². The van der Waals surface area contributed by atoms with Crippen molar-refractivity contribution in [1.29, 1.82) is 0 Å². The lowest BCUT2D eigenvalue weighted by Crippen LogP contribution is -2.55. The molecule has 3 saturated heterocycles. The minimum absolute atomic E-state index is 0.199. The summed E-state index contributed by atoms with van der Waals surface area (Å²) in [7, 11) is 2.01. The van der Waals surface area contributed by atoms with Crippen LogP contribution < -0.4 is 5.32 Å². The van der Waals surface area contributed by atoms with Crippen molar-refractivity contribution in [1.82, 2.24) is 10.2 Å². The number of hydrogen-bond acceptors (Lipinski definition) is 5. The molecule has 1 N–H and O–H groups in total. The normalized spacial score (nSPS) is 35.2. The Bertz CT molecular complexity index is 303. The van der Waals surface area contributed by atoms with E-state index >= 15 is 0 Å². The van der Waals surface area contributed by atoms with Crippen molar-refractivity contribution in [2.24, 2.45) is 0 Å². The van der Waals surface area contributed by atoms with E-state index in [9.17, 15) is 0 Å². The van der Waals surface area contributed by atoms with Gasteiger partial charge in [0, 0.05) is 32.3 Å². The standard InChI is InChI=1S/C15H28N2O2S/c1-16-11-14-12-17(5-7-18-14)13-2-6-19-15(10-13)3-8-20-9-4-15/h13-14,16H,2-12H2,1H3. The lowest BCUT2D eigenvalue weighted by molar-refractivity contribution is -0.126. The molecule has 0 saturated carbocycles.